The van der Waals surface area contributed by atoms with Crippen molar-refractivity contribution in [2.75, 3.05) is 49.7 Å². The molecule has 3 aromatic rings. The Hall–Kier alpha value is -2.23. The number of anilines is 1. The number of benzene rings is 1. The lowest BCUT2D eigenvalue weighted by Crippen LogP contribution is -2.51. The van der Waals surface area contributed by atoms with Gasteiger partial charge in [-0.15, -0.1) is 11.3 Å². The van der Waals surface area contributed by atoms with Crippen molar-refractivity contribution in [2.45, 2.75) is 12.5 Å². The van der Waals surface area contributed by atoms with Crippen LogP contribution in [0.3, 0.4) is 0 Å². The highest BCUT2D eigenvalue weighted by Crippen LogP contribution is 2.37. The predicted molar refractivity (Wildman–Crippen MR) is 120 cm³/mol. The number of thiophene rings is 1. The molecule has 0 radical (unpaired) electrons. The van der Waals surface area contributed by atoms with Gasteiger partial charge in [0.2, 0.25) is 0 Å². The summed E-state index contributed by atoms with van der Waals surface area (Å²) in [6, 6.07) is 10.3. The molecule has 5 rings (SSSR count). The summed E-state index contributed by atoms with van der Waals surface area (Å²) in [5, 5.41) is 0. The van der Waals surface area contributed by atoms with Crippen LogP contribution in [-0.2, 0) is 9.84 Å². The normalized spacial score (nSPS) is 21.9. The Kier molecular flexibility index (Phi) is 5.12. The monoisotopic (exact) mass is 444 g/mol. The van der Waals surface area contributed by atoms with Crippen LogP contribution in [0.5, 0.6) is 5.75 Å². The van der Waals surface area contributed by atoms with Gasteiger partial charge in [0.1, 0.15) is 17.9 Å². The van der Waals surface area contributed by atoms with Crippen molar-refractivity contribution in [1.82, 2.24) is 14.9 Å². The van der Waals surface area contributed by atoms with Gasteiger partial charge in [-0.05, 0) is 42.3 Å². The summed E-state index contributed by atoms with van der Waals surface area (Å²) in [6.07, 6.45) is 2.40. The van der Waals surface area contributed by atoms with Crippen molar-refractivity contribution in [2.24, 2.45) is 0 Å². The first-order chi connectivity index (χ1) is 14.5. The molecule has 0 amide bonds. The fourth-order valence-electron chi connectivity index (χ4n) is 4.33. The highest BCUT2D eigenvalue weighted by molar-refractivity contribution is 7.91. The highest BCUT2D eigenvalue weighted by Gasteiger charge is 2.34. The third-order valence-electron chi connectivity index (χ3n) is 6.01. The van der Waals surface area contributed by atoms with Gasteiger partial charge in [0.25, 0.3) is 0 Å². The first kappa shape index (κ1) is 19.7. The lowest BCUT2D eigenvalue weighted by atomic mass is 10.2. The van der Waals surface area contributed by atoms with E-state index < -0.39 is 9.84 Å². The summed E-state index contributed by atoms with van der Waals surface area (Å²) < 4.78 is 30.0. The minimum absolute atomic E-state index is 0.172. The molecule has 1 aromatic carbocycles. The quantitative estimate of drug-likeness (QED) is 0.612. The third-order valence-corrected chi connectivity index (χ3v) is 8.93. The van der Waals surface area contributed by atoms with Crippen LogP contribution in [-0.4, -0.2) is 74.1 Å². The van der Waals surface area contributed by atoms with Crippen LogP contribution in [0.4, 0.5) is 5.82 Å². The minimum atomic E-state index is -2.85. The number of fused-ring (bicyclic) bond motifs is 1. The SMILES string of the molecule is COc1ccc(-c2cc3ncnc(N4CCN([C@@H]5CCS(=O)(=O)C5)CC4)c3s2)cc1. The van der Waals surface area contributed by atoms with Crippen molar-refractivity contribution < 1.29 is 13.2 Å². The zero-order valence-electron chi connectivity index (χ0n) is 16.8. The molecular formula is C21H24N4O3S2. The summed E-state index contributed by atoms with van der Waals surface area (Å²) >= 11 is 1.71. The van der Waals surface area contributed by atoms with Gasteiger partial charge in [0, 0.05) is 37.1 Å². The van der Waals surface area contributed by atoms with Crippen molar-refractivity contribution in [3.8, 4) is 16.2 Å². The van der Waals surface area contributed by atoms with Crippen molar-refractivity contribution in [3.63, 3.8) is 0 Å². The molecular weight excluding hydrogens is 420 g/mol. The Balaban J connectivity index is 1.35. The summed E-state index contributed by atoms with van der Waals surface area (Å²) in [6.45, 7) is 3.42. The standard InChI is InChI=1S/C21H24N4O3S2/c1-28-17-4-2-15(3-5-17)19-12-18-20(29-19)21(23-14-22-18)25-9-7-24(8-10-25)16-6-11-30(26,27)13-16/h2-5,12,14,16H,6-11,13H2,1H3/t16-/m1/s1. The Morgan fingerprint density at radius 2 is 1.87 bits per heavy atom. The van der Waals surface area contributed by atoms with Gasteiger partial charge in [-0.2, -0.15) is 0 Å². The van der Waals surface area contributed by atoms with Crippen LogP contribution < -0.4 is 9.64 Å². The van der Waals surface area contributed by atoms with Gasteiger partial charge in [-0.25, -0.2) is 18.4 Å². The minimum Gasteiger partial charge on any atom is -0.497 e. The van der Waals surface area contributed by atoms with E-state index in [4.69, 9.17) is 4.74 Å². The molecule has 0 aliphatic carbocycles. The number of ether oxygens (including phenoxy) is 1. The largest absolute Gasteiger partial charge is 0.497 e. The lowest BCUT2D eigenvalue weighted by molar-refractivity contribution is 0.200. The summed E-state index contributed by atoms with van der Waals surface area (Å²) in [7, 11) is -1.18. The number of rotatable bonds is 4. The van der Waals surface area contributed by atoms with E-state index in [-0.39, 0.29) is 6.04 Å². The van der Waals surface area contributed by atoms with Crippen LogP contribution in [0.1, 0.15) is 6.42 Å². The molecule has 0 N–H and O–H groups in total. The van der Waals surface area contributed by atoms with Gasteiger partial charge < -0.3 is 9.64 Å². The summed E-state index contributed by atoms with van der Waals surface area (Å²) in [4.78, 5) is 14.9. The molecule has 9 heteroatoms. The van der Waals surface area contributed by atoms with Crippen LogP contribution in [0, 0.1) is 0 Å². The van der Waals surface area contributed by atoms with Crippen LogP contribution >= 0.6 is 11.3 Å². The van der Waals surface area contributed by atoms with E-state index >= 15 is 0 Å². The summed E-state index contributed by atoms with van der Waals surface area (Å²) in [5.41, 5.74) is 2.09. The highest BCUT2D eigenvalue weighted by atomic mass is 32.2. The number of methoxy groups -OCH3 is 1. The van der Waals surface area contributed by atoms with Crippen LogP contribution in [0.15, 0.2) is 36.7 Å². The summed E-state index contributed by atoms with van der Waals surface area (Å²) in [5.74, 6) is 2.45. The molecule has 0 spiro atoms. The Labute approximate surface area is 180 Å². The molecule has 2 fully saturated rings. The second-order valence-electron chi connectivity index (χ2n) is 7.83. The fraction of sp³-hybridized carbons (Fsp3) is 0.429. The molecule has 2 aromatic heterocycles. The number of sulfone groups is 1. The molecule has 0 unspecified atom stereocenters. The molecule has 2 saturated heterocycles. The predicted octanol–water partition coefficient (Wildman–Crippen LogP) is 2.68. The first-order valence-electron chi connectivity index (χ1n) is 10.1. The third kappa shape index (κ3) is 3.77. The van der Waals surface area contributed by atoms with E-state index in [1.165, 1.54) is 0 Å². The zero-order chi connectivity index (χ0) is 20.7. The van der Waals surface area contributed by atoms with Crippen LogP contribution in [0.25, 0.3) is 20.7 Å². The molecule has 1 atom stereocenters. The van der Waals surface area contributed by atoms with Gasteiger partial charge in [0.05, 0.1) is 28.8 Å². The lowest BCUT2D eigenvalue weighted by Gasteiger charge is -2.38. The Morgan fingerprint density at radius 3 is 2.53 bits per heavy atom. The number of hydrogen-bond donors (Lipinski definition) is 0. The van der Waals surface area contributed by atoms with E-state index in [9.17, 15) is 8.42 Å². The topological polar surface area (TPSA) is 75.6 Å². The number of aromatic nitrogens is 2. The molecule has 0 saturated carbocycles. The zero-order valence-corrected chi connectivity index (χ0v) is 18.5. The molecule has 2 aliphatic heterocycles. The number of piperazine rings is 1. The maximum atomic E-state index is 11.8. The van der Waals surface area contributed by atoms with E-state index in [2.05, 4.69) is 38.0 Å². The van der Waals surface area contributed by atoms with E-state index in [0.717, 1.165) is 64.8 Å². The Bertz CT molecular complexity index is 1150. The van der Waals surface area contributed by atoms with E-state index in [1.54, 1.807) is 24.8 Å². The molecule has 7 nitrogen and oxygen atoms in total. The second-order valence-corrected chi connectivity index (χ2v) is 11.1. The van der Waals surface area contributed by atoms with Gasteiger partial charge in [0.15, 0.2) is 9.84 Å². The fourth-order valence-corrected chi connectivity index (χ4v) is 7.22. The molecule has 4 heterocycles. The van der Waals surface area contributed by atoms with Crippen LogP contribution in [0.2, 0.25) is 0 Å². The van der Waals surface area contributed by atoms with Crippen molar-refractivity contribution >= 4 is 37.2 Å². The maximum Gasteiger partial charge on any atom is 0.151 e. The maximum absolute atomic E-state index is 11.8. The molecule has 158 valence electrons. The van der Waals surface area contributed by atoms with E-state index in [0.29, 0.717) is 11.5 Å². The van der Waals surface area contributed by atoms with Gasteiger partial charge in [-0.1, -0.05) is 0 Å². The Morgan fingerprint density at radius 1 is 1.10 bits per heavy atom. The molecule has 0 bridgehead atoms. The van der Waals surface area contributed by atoms with E-state index in [1.807, 2.05) is 12.1 Å². The van der Waals surface area contributed by atoms with Crippen molar-refractivity contribution in [1.29, 1.82) is 0 Å². The molecule has 2 aliphatic rings. The number of nitrogens with zero attached hydrogens (tertiary/aromatic N) is 4. The average molecular weight is 445 g/mol. The van der Waals surface area contributed by atoms with Gasteiger partial charge >= 0.3 is 0 Å². The average Bonchev–Trinajstić information content (AvgIpc) is 3.37. The van der Waals surface area contributed by atoms with Crippen molar-refractivity contribution in [3.05, 3.63) is 36.7 Å². The van der Waals surface area contributed by atoms with Gasteiger partial charge in [-0.3, -0.25) is 4.90 Å². The first-order valence-corrected chi connectivity index (χ1v) is 12.7. The smallest absolute Gasteiger partial charge is 0.151 e. The second kappa shape index (κ2) is 7.79. The number of hydrogen-bond acceptors (Lipinski definition) is 8. The molecule has 30 heavy (non-hydrogen) atoms.